The molecular weight excluding hydrogens is 319 g/mol. The maximum atomic E-state index is 12.2. The molecule has 1 aliphatic rings. The van der Waals surface area contributed by atoms with Gasteiger partial charge in [0, 0.05) is 9.13 Å². The molecule has 0 spiro atoms. The Kier molecular flexibility index (Phi) is 4.08. The smallest absolute Gasteiger partial charge is 0.176 e. The Morgan fingerprint density at radius 2 is 2.13 bits per heavy atom. The summed E-state index contributed by atoms with van der Waals surface area (Å²) >= 11 is 4.06. The van der Waals surface area contributed by atoms with Crippen LogP contribution < -0.4 is 0 Å². The van der Waals surface area contributed by atoms with Crippen molar-refractivity contribution in [3.05, 3.63) is 33.4 Å². The van der Waals surface area contributed by atoms with Gasteiger partial charge in [-0.05, 0) is 47.3 Å². The van der Waals surface area contributed by atoms with Crippen LogP contribution in [0.1, 0.15) is 29.6 Å². The van der Waals surface area contributed by atoms with Crippen molar-refractivity contribution in [3.63, 3.8) is 0 Å². The lowest BCUT2D eigenvalue weighted by molar-refractivity contribution is 0.0984. The molecule has 0 aliphatic carbocycles. The predicted molar refractivity (Wildman–Crippen MR) is 73.6 cm³/mol. The van der Waals surface area contributed by atoms with Crippen LogP contribution in [0.4, 0.5) is 0 Å². The van der Waals surface area contributed by atoms with Gasteiger partial charge in [-0.3, -0.25) is 4.79 Å². The van der Waals surface area contributed by atoms with Crippen LogP contribution in [0.25, 0.3) is 0 Å². The molecule has 1 atom stereocenters. The molecule has 1 saturated heterocycles. The average Bonchev–Trinajstić information content (AvgIpc) is 2.30. The molecule has 80 valence electrons. The van der Waals surface area contributed by atoms with E-state index in [1.165, 1.54) is 12.8 Å². The number of thioether (sulfide) groups is 1. The molecule has 0 radical (unpaired) electrons. The summed E-state index contributed by atoms with van der Waals surface area (Å²) in [6.07, 6.45) is 3.52. The Morgan fingerprint density at radius 3 is 2.80 bits per heavy atom. The summed E-state index contributed by atoms with van der Waals surface area (Å²) in [4.78, 5) is 12.2. The van der Waals surface area contributed by atoms with Gasteiger partial charge in [0.15, 0.2) is 5.78 Å². The van der Waals surface area contributed by atoms with Gasteiger partial charge in [-0.15, -0.1) is 0 Å². The highest BCUT2D eigenvalue weighted by Gasteiger charge is 2.23. The number of hydrogen-bond donors (Lipinski definition) is 0. The maximum absolute atomic E-state index is 12.2. The number of carbonyl (C=O) groups is 1. The third-order valence-electron chi connectivity index (χ3n) is 2.61. The zero-order valence-electron chi connectivity index (χ0n) is 8.41. The number of halogens is 1. The number of benzene rings is 1. The molecule has 1 aromatic carbocycles. The predicted octanol–water partition coefficient (Wildman–Crippen LogP) is 3.76. The second kappa shape index (κ2) is 5.34. The van der Waals surface area contributed by atoms with E-state index in [4.69, 9.17) is 0 Å². The topological polar surface area (TPSA) is 17.1 Å². The normalized spacial score (nSPS) is 21.3. The van der Waals surface area contributed by atoms with E-state index in [9.17, 15) is 4.79 Å². The number of rotatable bonds is 2. The van der Waals surface area contributed by atoms with Crippen LogP contribution in [0.2, 0.25) is 0 Å². The molecule has 1 heterocycles. The first-order valence-electron chi connectivity index (χ1n) is 5.19. The van der Waals surface area contributed by atoms with Gasteiger partial charge in [-0.25, -0.2) is 0 Å². The summed E-state index contributed by atoms with van der Waals surface area (Å²) in [5.74, 6) is 1.46. The van der Waals surface area contributed by atoms with Gasteiger partial charge in [-0.2, -0.15) is 11.8 Å². The van der Waals surface area contributed by atoms with Crippen molar-refractivity contribution in [3.8, 4) is 0 Å². The van der Waals surface area contributed by atoms with E-state index in [2.05, 4.69) is 22.6 Å². The van der Waals surface area contributed by atoms with E-state index in [1.54, 1.807) is 0 Å². The molecule has 15 heavy (non-hydrogen) atoms. The van der Waals surface area contributed by atoms with E-state index < -0.39 is 0 Å². The Balaban J connectivity index is 2.16. The van der Waals surface area contributed by atoms with E-state index in [0.29, 0.717) is 5.78 Å². The first-order valence-corrected chi connectivity index (χ1v) is 7.32. The van der Waals surface area contributed by atoms with Crippen LogP contribution in [-0.2, 0) is 0 Å². The van der Waals surface area contributed by atoms with Crippen LogP contribution in [0, 0.1) is 3.57 Å². The summed E-state index contributed by atoms with van der Waals surface area (Å²) in [7, 11) is 0. The molecule has 1 aromatic rings. The molecule has 1 nitrogen and oxygen atoms in total. The fraction of sp³-hybridized carbons (Fsp3) is 0.417. The number of Topliss-reactive ketones (excluding diaryl/α,β-unsaturated/α-hetero) is 1. The van der Waals surface area contributed by atoms with Gasteiger partial charge >= 0.3 is 0 Å². The van der Waals surface area contributed by atoms with Crippen molar-refractivity contribution in [2.24, 2.45) is 0 Å². The fourth-order valence-electron chi connectivity index (χ4n) is 1.78. The highest BCUT2D eigenvalue weighted by atomic mass is 127. The minimum absolute atomic E-state index is 0.203. The SMILES string of the molecule is O=C(c1ccccc1I)C1CCCCS1. The van der Waals surface area contributed by atoms with Crippen LogP contribution in [0.3, 0.4) is 0 Å². The molecule has 1 aliphatic heterocycles. The molecule has 1 fully saturated rings. The van der Waals surface area contributed by atoms with Crippen LogP contribution >= 0.6 is 34.4 Å². The van der Waals surface area contributed by atoms with Crippen molar-refractivity contribution in [1.29, 1.82) is 0 Å². The molecule has 0 aromatic heterocycles. The number of ketones is 1. The second-order valence-electron chi connectivity index (χ2n) is 3.70. The van der Waals surface area contributed by atoms with Gasteiger partial charge in [-0.1, -0.05) is 24.6 Å². The lowest BCUT2D eigenvalue weighted by Crippen LogP contribution is -2.21. The molecule has 0 saturated carbocycles. The van der Waals surface area contributed by atoms with Crippen LogP contribution in [-0.4, -0.2) is 16.8 Å². The lowest BCUT2D eigenvalue weighted by atomic mass is 10.0. The van der Waals surface area contributed by atoms with Gasteiger partial charge in [0.05, 0.1) is 5.25 Å². The standard InChI is InChI=1S/C12H13IOS/c13-10-6-2-1-5-9(10)12(14)11-7-3-4-8-15-11/h1-2,5-6,11H,3-4,7-8H2. The summed E-state index contributed by atoms with van der Waals surface area (Å²) in [6, 6.07) is 7.87. The van der Waals surface area contributed by atoms with Crippen LogP contribution in [0.15, 0.2) is 24.3 Å². The number of hydrogen-bond acceptors (Lipinski definition) is 2. The molecule has 3 heteroatoms. The third-order valence-corrected chi connectivity index (χ3v) is 4.93. The fourth-order valence-corrected chi connectivity index (χ4v) is 3.70. The highest BCUT2D eigenvalue weighted by Crippen LogP contribution is 2.29. The number of carbonyl (C=O) groups excluding carboxylic acids is 1. The van der Waals surface area contributed by atoms with Gasteiger partial charge < -0.3 is 0 Å². The Hall–Kier alpha value is -0.0300. The molecule has 0 bridgehead atoms. The van der Waals surface area contributed by atoms with Crippen LogP contribution in [0.5, 0.6) is 0 Å². The van der Waals surface area contributed by atoms with E-state index in [0.717, 1.165) is 21.3 Å². The zero-order chi connectivity index (χ0) is 10.7. The van der Waals surface area contributed by atoms with Crippen molar-refractivity contribution >= 4 is 40.1 Å². The Bertz CT molecular complexity index is 358. The summed E-state index contributed by atoms with van der Waals surface area (Å²) in [5, 5.41) is 0.203. The summed E-state index contributed by atoms with van der Waals surface area (Å²) in [6.45, 7) is 0. The molecular formula is C12H13IOS. The average molecular weight is 332 g/mol. The minimum Gasteiger partial charge on any atom is -0.293 e. The molecule has 0 N–H and O–H groups in total. The summed E-state index contributed by atoms with van der Waals surface area (Å²) < 4.78 is 1.08. The highest BCUT2D eigenvalue weighted by molar-refractivity contribution is 14.1. The summed E-state index contributed by atoms with van der Waals surface area (Å²) in [5.41, 5.74) is 0.900. The Morgan fingerprint density at radius 1 is 1.33 bits per heavy atom. The van der Waals surface area contributed by atoms with E-state index in [1.807, 2.05) is 36.0 Å². The Labute approximate surface area is 108 Å². The third kappa shape index (κ3) is 2.75. The van der Waals surface area contributed by atoms with Gasteiger partial charge in [0.1, 0.15) is 0 Å². The van der Waals surface area contributed by atoms with Crippen molar-refractivity contribution in [2.45, 2.75) is 24.5 Å². The van der Waals surface area contributed by atoms with E-state index >= 15 is 0 Å². The van der Waals surface area contributed by atoms with Crippen molar-refractivity contribution in [2.75, 3.05) is 5.75 Å². The molecule has 2 rings (SSSR count). The van der Waals surface area contributed by atoms with Gasteiger partial charge in [0.2, 0.25) is 0 Å². The molecule has 1 unspecified atom stereocenters. The van der Waals surface area contributed by atoms with Crippen molar-refractivity contribution < 1.29 is 4.79 Å². The van der Waals surface area contributed by atoms with Crippen molar-refractivity contribution in [1.82, 2.24) is 0 Å². The largest absolute Gasteiger partial charge is 0.293 e. The maximum Gasteiger partial charge on any atom is 0.176 e. The van der Waals surface area contributed by atoms with Gasteiger partial charge in [0.25, 0.3) is 0 Å². The lowest BCUT2D eigenvalue weighted by Gasteiger charge is -2.20. The minimum atomic E-state index is 0.203. The quantitative estimate of drug-likeness (QED) is 0.606. The van der Waals surface area contributed by atoms with E-state index in [-0.39, 0.29) is 5.25 Å². The first kappa shape index (κ1) is 11.5. The first-order chi connectivity index (χ1) is 7.29. The zero-order valence-corrected chi connectivity index (χ0v) is 11.4. The molecule has 0 amide bonds. The second-order valence-corrected chi connectivity index (χ2v) is 6.17. The monoisotopic (exact) mass is 332 g/mol.